The van der Waals surface area contributed by atoms with Crippen LogP contribution in [0.25, 0.3) is 0 Å². The van der Waals surface area contributed by atoms with Crippen molar-refractivity contribution in [2.45, 2.75) is 25.4 Å². The van der Waals surface area contributed by atoms with Crippen molar-refractivity contribution in [1.29, 1.82) is 0 Å². The third-order valence-electron chi connectivity index (χ3n) is 3.53. The van der Waals surface area contributed by atoms with E-state index in [0.717, 1.165) is 5.56 Å². The van der Waals surface area contributed by atoms with Crippen molar-refractivity contribution in [2.24, 2.45) is 0 Å². The summed E-state index contributed by atoms with van der Waals surface area (Å²) in [5.74, 6) is -0.147. The molecule has 1 saturated heterocycles. The minimum Gasteiger partial charge on any atom is -0.383 e. The van der Waals surface area contributed by atoms with E-state index in [0.29, 0.717) is 37.6 Å². The van der Waals surface area contributed by atoms with Gasteiger partial charge in [-0.15, -0.1) is 0 Å². The average Bonchev–Trinajstić information content (AvgIpc) is 2.83. The highest BCUT2D eigenvalue weighted by atomic mass is 35.5. The lowest BCUT2D eigenvalue weighted by Gasteiger charge is -2.24. The lowest BCUT2D eigenvalue weighted by atomic mass is 10.1. The molecule has 0 bridgehead atoms. The Balaban J connectivity index is 2.03. The lowest BCUT2D eigenvalue weighted by Crippen LogP contribution is -2.45. The number of carbonyl (C=O) groups is 2. The molecule has 1 heterocycles. The fraction of sp³-hybridized carbons (Fsp3) is 0.467. The van der Waals surface area contributed by atoms with Gasteiger partial charge in [-0.1, -0.05) is 29.8 Å². The van der Waals surface area contributed by atoms with E-state index in [9.17, 15) is 9.59 Å². The van der Waals surface area contributed by atoms with Crippen LogP contribution in [0.4, 0.5) is 0 Å². The molecular weight excluding hydrogens is 292 g/mol. The van der Waals surface area contributed by atoms with Gasteiger partial charge in [-0.25, -0.2) is 0 Å². The molecule has 2 rings (SSSR count). The molecule has 1 aliphatic heterocycles. The molecule has 6 heteroatoms. The summed E-state index contributed by atoms with van der Waals surface area (Å²) >= 11 is 6.13. The maximum Gasteiger partial charge on any atom is 0.242 e. The second-order valence-electron chi connectivity index (χ2n) is 4.95. The Bertz CT molecular complexity index is 521. The molecule has 1 aromatic rings. The number of amides is 2. The van der Waals surface area contributed by atoms with Crippen molar-refractivity contribution in [3.05, 3.63) is 34.9 Å². The quantitative estimate of drug-likeness (QED) is 0.812. The van der Waals surface area contributed by atoms with E-state index in [1.165, 1.54) is 0 Å². The molecule has 0 aromatic heterocycles. The Morgan fingerprint density at radius 3 is 2.95 bits per heavy atom. The van der Waals surface area contributed by atoms with Gasteiger partial charge in [0.25, 0.3) is 0 Å². The first-order valence-corrected chi connectivity index (χ1v) is 7.31. The highest BCUT2D eigenvalue weighted by molar-refractivity contribution is 6.31. The van der Waals surface area contributed by atoms with Crippen LogP contribution >= 0.6 is 11.6 Å². The molecule has 1 aliphatic rings. The SMILES string of the molecule is COCCNC(=O)C1CCC(=O)N1Cc1ccccc1Cl. The first-order chi connectivity index (χ1) is 10.1. The zero-order valence-electron chi connectivity index (χ0n) is 12.0. The van der Waals surface area contributed by atoms with Crippen LogP contribution in [-0.4, -0.2) is 43.0 Å². The average molecular weight is 311 g/mol. The highest BCUT2D eigenvalue weighted by Gasteiger charge is 2.35. The summed E-state index contributed by atoms with van der Waals surface area (Å²) in [5, 5.41) is 3.39. The van der Waals surface area contributed by atoms with Crippen molar-refractivity contribution >= 4 is 23.4 Å². The molecule has 1 atom stereocenters. The van der Waals surface area contributed by atoms with Gasteiger partial charge < -0.3 is 15.0 Å². The maximum atomic E-state index is 12.2. The Morgan fingerprint density at radius 1 is 1.48 bits per heavy atom. The van der Waals surface area contributed by atoms with Crippen molar-refractivity contribution in [1.82, 2.24) is 10.2 Å². The zero-order chi connectivity index (χ0) is 15.2. The molecule has 1 unspecified atom stereocenters. The number of nitrogens with zero attached hydrogens (tertiary/aromatic N) is 1. The van der Waals surface area contributed by atoms with Crippen LogP contribution in [0.15, 0.2) is 24.3 Å². The summed E-state index contributed by atoms with van der Waals surface area (Å²) in [6.45, 7) is 1.26. The summed E-state index contributed by atoms with van der Waals surface area (Å²) < 4.78 is 4.90. The first kappa shape index (κ1) is 15.8. The maximum absolute atomic E-state index is 12.2. The Kier molecular flexibility index (Phi) is 5.59. The van der Waals surface area contributed by atoms with Crippen molar-refractivity contribution < 1.29 is 14.3 Å². The fourth-order valence-corrected chi connectivity index (χ4v) is 2.60. The minimum absolute atomic E-state index is 0.0122. The normalized spacial score (nSPS) is 18.1. The summed E-state index contributed by atoms with van der Waals surface area (Å²) in [6, 6.07) is 6.94. The van der Waals surface area contributed by atoms with Crippen LogP contribution in [0.2, 0.25) is 5.02 Å². The van der Waals surface area contributed by atoms with Gasteiger partial charge in [0.2, 0.25) is 11.8 Å². The van der Waals surface area contributed by atoms with Crippen LogP contribution in [0.3, 0.4) is 0 Å². The van der Waals surface area contributed by atoms with E-state index in [1.807, 2.05) is 18.2 Å². The van der Waals surface area contributed by atoms with Gasteiger partial charge in [0, 0.05) is 31.6 Å². The van der Waals surface area contributed by atoms with Crippen molar-refractivity contribution in [3.63, 3.8) is 0 Å². The molecule has 0 aliphatic carbocycles. The Morgan fingerprint density at radius 2 is 2.24 bits per heavy atom. The van der Waals surface area contributed by atoms with E-state index < -0.39 is 6.04 Å². The second-order valence-corrected chi connectivity index (χ2v) is 5.36. The van der Waals surface area contributed by atoms with Crippen LogP contribution in [-0.2, 0) is 20.9 Å². The summed E-state index contributed by atoms with van der Waals surface area (Å²) in [4.78, 5) is 25.8. The molecule has 0 saturated carbocycles. The predicted octanol–water partition coefficient (Wildman–Crippen LogP) is 1.59. The predicted molar refractivity (Wildman–Crippen MR) is 79.9 cm³/mol. The smallest absolute Gasteiger partial charge is 0.242 e. The highest BCUT2D eigenvalue weighted by Crippen LogP contribution is 2.24. The third-order valence-corrected chi connectivity index (χ3v) is 3.90. The number of benzene rings is 1. The number of hydrogen-bond acceptors (Lipinski definition) is 3. The summed E-state index contributed by atoms with van der Waals surface area (Å²) in [5.41, 5.74) is 0.851. The number of methoxy groups -OCH3 is 1. The Hall–Kier alpha value is -1.59. The van der Waals surface area contributed by atoms with Crippen molar-refractivity contribution in [2.75, 3.05) is 20.3 Å². The van der Waals surface area contributed by atoms with E-state index in [1.54, 1.807) is 18.1 Å². The van der Waals surface area contributed by atoms with Crippen molar-refractivity contribution in [3.8, 4) is 0 Å². The molecule has 1 N–H and O–H groups in total. The van der Waals surface area contributed by atoms with Gasteiger partial charge in [-0.3, -0.25) is 9.59 Å². The topological polar surface area (TPSA) is 58.6 Å². The van der Waals surface area contributed by atoms with E-state index in [-0.39, 0.29) is 11.8 Å². The van der Waals surface area contributed by atoms with Gasteiger partial charge in [0.15, 0.2) is 0 Å². The molecule has 21 heavy (non-hydrogen) atoms. The number of likely N-dealkylation sites (tertiary alicyclic amines) is 1. The molecule has 2 amide bonds. The van der Waals surface area contributed by atoms with Gasteiger partial charge in [-0.05, 0) is 18.1 Å². The number of carbonyl (C=O) groups excluding carboxylic acids is 2. The molecule has 0 radical (unpaired) electrons. The fourth-order valence-electron chi connectivity index (χ4n) is 2.41. The molecule has 0 spiro atoms. The molecule has 5 nitrogen and oxygen atoms in total. The first-order valence-electron chi connectivity index (χ1n) is 6.93. The zero-order valence-corrected chi connectivity index (χ0v) is 12.7. The minimum atomic E-state index is -0.425. The Labute approximate surface area is 129 Å². The van der Waals surface area contributed by atoms with Crippen LogP contribution in [0, 0.1) is 0 Å². The van der Waals surface area contributed by atoms with E-state index in [2.05, 4.69) is 5.32 Å². The molecule has 114 valence electrons. The van der Waals surface area contributed by atoms with Gasteiger partial charge in [0.05, 0.1) is 6.61 Å². The number of rotatable bonds is 6. The largest absolute Gasteiger partial charge is 0.383 e. The van der Waals surface area contributed by atoms with E-state index in [4.69, 9.17) is 16.3 Å². The molecule has 1 fully saturated rings. The number of halogens is 1. The van der Waals surface area contributed by atoms with E-state index >= 15 is 0 Å². The monoisotopic (exact) mass is 310 g/mol. The molecular formula is C15H19ClN2O3. The number of hydrogen-bond donors (Lipinski definition) is 1. The van der Waals surface area contributed by atoms with Gasteiger partial charge in [-0.2, -0.15) is 0 Å². The summed E-state index contributed by atoms with van der Waals surface area (Å²) in [6.07, 6.45) is 0.939. The number of ether oxygens (including phenoxy) is 1. The van der Waals surface area contributed by atoms with Gasteiger partial charge in [0.1, 0.15) is 6.04 Å². The van der Waals surface area contributed by atoms with Crippen LogP contribution in [0.5, 0.6) is 0 Å². The third kappa shape index (κ3) is 3.95. The molecule has 1 aromatic carbocycles. The lowest BCUT2D eigenvalue weighted by molar-refractivity contribution is -0.135. The second kappa shape index (κ2) is 7.43. The number of nitrogens with one attached hydrogen (secondary N) is 1. The summed E-state index contributed by atoms with van der Waals surface area (Å²) in [7, 11) is 1.58. The van der Waals surface area contributed by atoms with Gasteiger partial charge >= 0.3 is 0 Å². The van der Waals surface area contributed by atoms with Crippen LogP contribution < -0.4 is 5.32 Å². The van der Waals surface area contributed by atoms with Crippen LogP contribution in [0.1, 0.15) is 18.4 Å². The standard InChI is InChI=1S/C15H19ClN2O3/c1-21-9-8-17-15(20)13-6-7-14(19)18(13)10-11-4-2-3-5-12(11)16/h2-5,13H,6-10H2,1H3,(H,17,20).